The van der Waals surface area contributed by atoms with E-state index in [1.807, 2.05) is 6.07 Å². The molecule has 0 saturated carbocycles. The van der Waals surface area contributed by atoms with Gasteiger partial charge in [-0.1, -0.05) is 54.3 Å². The number of benzene rings is 4. The highest BCUT2D eigenvalue weighted by atomic mass is 16.2. The van der Waals surface area contributed by atoms with Crippen molar-refractivity contribution in [2.24, 2.45) is 0 Å². The molecule has 0 aliphatic carbocycles. The Morgan fingerprint density at radius 1 is 0.526 bits per heavy atom. The first-order valence-corrected chi connectivity index (χ1v) is 11.9. The van der Waals surface area contributed by atoms with Crippen molar-refractivity contribution in [1.82, 2.24) is 0 Å². The molecular weight excluding hydrogens is 476 g/mol. The minimum atomic E-state index is -0.353. The zero-order valence-electron chi connectivity index (χ0n) is 19.9. The maximum Gasteiger partial charge on any atom is 0.266 e. The average Bonchev–Trinajstić information content (AvgIpc) is 3.36. The third-order valence-electron chi connectivity index (χ3n) is 6.40. The lowest BCUT2D eigenvalue weighted by Gasteiger charge is -2.14. The van der Waals surface area contributed by atoms with Crippen LogP contribution in [0.4, 0.5) is 11.4 Å². The Balaban J connectivity index is 1.20. The van der Waals surface area contributed by atoms with Crippen LogP contribution in [-0.2, 0) is 0 Å². The zero-order valence-corrected chi connectivity index (χ0v) is 19.9. The van der Waals surface area contributed by atoms with Crippen molar-refractivity contribution in [2.75, 3.05) is 9.80 Å². The molecule has 0 spiro atoms. The molecule has 2 heterocycles. The Hall–Kier alpha value is -5.54. The molecule has 0 radical (unpaired) electrons. The normalized spacial score (nSPS) is 14.1. The van der Waals surface area contributed by atoms with Crippen LogP contribution in [0.25, 0.3) is 6.08 Å². The summed E-state index contributed by atoms with van der Waals surface area (Å²) in [5, 5.41) is 0. The van der Waals surface area contributed by atoms with Crippen molar-refractivity contribution in [3.63, 3.8) is 0 Å². The number of hydrogen-bond acceptors (Lipinski definition) is 4. The summed E-state index contributed by atoms with van der Waals surface area (Å²) in [6.45, 7) is 0. The standard InChI is InChI=1S/C32H18N2O4/c35-29-25-15-3-4-16-26(25)30(36)33(29)23-13-7-11-21(19-23)9-1-2-10-22-12-8-14-24(20-22)34-31(37)27-17-5-6-18-28(27)32(34)38/h1,3-9,11-20H/b9-1+. The topological polar surface area (TPSA) is 74.8 Å². The summed E-state index contributed by atoms with van der Waals surface area (Å²) in [4.78, 5) is 53.5. The van der Waals surface area contributed by atoms with Crippen LogP contribution in [0.15, 0.2) is 103 Å². The van der Waals surface area contributed by atoms with Gasteiger partial charge in [0.15, 0.2) is 0 Å². The second-order valence-electron chi connectivity index (χ2n) is 8.73. The first kappa shape index (κ1) is 22.9. The van der Waals surface area contributed by atoms with Gasteiger partial charge in [-0.3, -0.25) is 19.2 Å². The number of amides is 4. The van der Waals surface area contributed by atoms with Gasteiger partial charge < -0.3 is 0 Å². The van der Waals surface area contributed by atoms with Crippen LogP contribution < -0.4 is 9.80 Å². The fourth-order valence-corrected chi connectivity index (χ4v) is 4.60. The largest absolute Gasteiger partial charge is 0.268 e. The molecule has 180 valence electrons. The second-order valence-corrected chi connectivity index (χ2v) is 8.73. The first-order valence-electron chi connectivity index (χ1n) is 11.9. The number of carbonyl (C=O) groups is 4. The highest BCUT2D eigenvalue weighted by Gasteiger charge is 2.37. The predicted molar refractivity (Wildman–Crippen MR) is 144 cm³/mol. The first-order chi connectivity index (χ1) is 18.5. The number of allylic oxidation sites excluding steroid dienone is 1. The molecule has 4 aromatic carbocycles. The van der Waals surface area contributed by atoms with Crippen LogP contribution in [0.3, 0.4) is 0 Å². The minimum absolute atomic E-state index is 0.343. The molecule has 6 rings (SSSR count). The molecule has 0 saturated heterocycles. The molecule has 0 aromatic heterocycles. The summed E-state index contributed by atoms with van der Waals surface area (Å²) in [5.41, 5.74) is 3.93. The van der Waals surface area contributed by atoms with Gasteiger partial charge in [0, 0.05) is 5.56 Å². The average molecular weight is 495 g/mol. The molecule has 38 heavy (non-hydrogen) atoms. The summed E-state index contributed by atoms with van der Waals surface area (Å²) in [6, 6.07) is 27.6. The Bertz CT molecular complexity index is 1700. The molecule has 6 nitrogen and oxygen atoms in total. The number of rotatable bonds is 3. The van der Waals surface area contributed by atoms with Gasteiger partial charge in [0.1, 0.15) is 0 Å². The van der Waals surface area contributed by atoms with Crippen molar-refractivity contribution in [3.8, 4) is 11.8 Å². The minimum Gasteiger partial charge on any atom is -0.268 e. The van der Waals surface area contributed by atoms with Gasteiger partial charge in [0.2, 0.25) is 0 Å². The van der Waals surface area contributed by atoms with E-state index in [0.717, 1.165) is 10.5 Å². The Kier molecular flexibility index (Phi) is 5.52. The summed E-state index contributed by atoms with van der Waals surface area (Å²) < 4.78 is 0. The van der Waals surface area contributed by atoms with Crippen LogP contribution in [0.1, 0.15) is 52.6 Å². The molecule has 4 amide bonds. The molecule has 0 unspecified atom stereocenters. The molecule has 2 aliphatic rings. The van der Waals surface area contributed by atoms with E-state index in [9.17, 15) is 19.2 Å². The molecule has 0 N–H and O–H groups in total. The van der Waals surface area contributed by atoms with E-state index in [4.69, 9.17) is 0 Å². The van der Waals surface area contributed by atoms with E-state index in [1.165, 1.54) is 4.90 Å². The van der Waals surface area contributed by atoms with Crippen LogP contribution in [-0.4, -0.2) is 23.6 Å². The quantitative estimate of drug-likeness (QED) is 0.284. The molecule has 0 fully saturated rings. The number of carbonyl (C=O) groups excluding carboxylic acids is 4. The molecule has 0 bridgehead atoms. The molecular formula is C32H18N2O4. The lowest BCUT2D eigenvalue weighted by Crippen LogP contribution is -2.29. The van der Waals surface area contributed by atoms with Gasteiger partial charge in [-0.25, -0.2) is 9.80 Å². The summed E-state index contributed by atoms with van der Waals surface area (Å²) in [6.07, 6.45) is 3.44. The maximum absolute atomic E-state index is 12.8. The fraction of sp³-hybridized carbons (Fsp3) is 0. The molecule has 0 atom stereocenters. The number of fused-ring (bicyclic) bond motifs is 2. The van der Waals surface area contributed by atoms with E-state index in [-0.39, 0.29) is 23.6 Å². The highest BCUT2D eigenvalue weighted by Crippen LogP contribution is 2.30. The lowest BCUT2D eigenvalue weighted by atomic mass is 10.1. The molecule has 2 aliphatic heterocycles. The highest BCUT2D eigenvalue weighted by molar-refractivity contribution is 6.35. The van der Waals surface area contributed by atoms with E-state index in [1.54, 1.807) is 103 Å². The Morgan fingerprint density at radius 3 is 1.53 bits per heavy atom. The number of hydrogen-bond donors (Lipinski definition) is 0. The Morgan fingerprint density at radius 2 is 1.00 bits per heavy atom. The van der Waals surface area contributed by atoms with Crippen LogP contribution >= 0.6 is 0 Å². The van der Waals surface area contributed by atoms with Crippen molar-refractivity contribution >= 4 is 41.1 Å². The van der Waals surface area contributed by atoms with Gasteiger partial charge in [0.05, 0.1) is 33.6 Å². The molecule has 6 heteroatoms. The number of anilines is 2. The second kappa shape index (κ2) is 9.16. The van der Waals surface area contributed by atoms with E-state index < -0.39 is 0 Å². The third kappa shape index (κ3) is 3.80. The van der Waals surface area contributed by atoms with Crippen molar-refractivity contribution < 1.29 is 19.2 Å². The molecule has 4 aromatic rings. The smallest absolute Gasteiger partial charge is 0.266 e. The SMILES string of the molecule is O=C1c2ccccc2C(=O)N1c1cccc(C#C/C=C/c2cccc(N3C(=O)c4ccccc4C3=O)c2)c1. The Labute approximate surface area is 218 Å². The van der Waals surface area contributed by atoms with E-state index >= 15 is 0 Å². The fourth-order valence-electron chi connectivity index (χ4n) is 4.60. The van der Waals surface area contributed by atoms with Crippen LogP contribution in [0.2, 0.25) is 0 Å². The van der Waals surface area contributed by atoms with Crippen LogP contribution in [0.5, 0.6) is 0 Å². The summed E-state index contributed by atoms with van der Waals surface area (Å²) in [7, 11) is 0. The van der Waals surface area contributed by atoms with Gasteiger partial charge in [-0.15, -0.1) is 0 Å². The van der Waals surface area contributed by atoms with Crippen molar-refractivity contribution in [1.29, 1.82) is 0 Å². The zero-order chi connectivity index (χ0) is 26.2. The van der Waals surface area contributed by atoms with Gasteiger partial charge in [-0.2, -0.15) is 0 Å². The maximum atomic E-state index is 12.8. The predicted octanol–water partition coefficient (Wildman–Crippen LogP) is 5.35. The van der Waals surface area contributed by atoms with E-state index in [2.05, 4.69) is 11.8 Å². The van der Waals surface area contributed by atoms with Gasteiger partial charge >= 0.3 is 0 Å². The third-order valence-corrected chi connectivity index (χ3v) is 6.40. The van der Waals surface area contributed by atoms with E-state index in [0.29, 0.717) is 39.2 Å². The number of nitrogens with zero attached hydrogens (tertiary/aromatic N) is 2. The van der Waals surface area contributed by atoms with Crippen molar-refractivity contribution in [2.45, 2.75) is 0 Å². The summed E-state index contributed by atoms with van der Waals surface area (Å²) in [5.74, 6) is 4.59. The van der Waals surface area contributed by atoms with Crippen molar-refractivity contribution in [3.05, 3.63) is 137 Å². The lowest BCUT2D eigenvalue weighted by molar-refractivity contribution is 0.0910. The summed E-state index contributed by atoms with van der Waals surface area (Å²) >= 11 is 0. The van der Waals surface area contributed by atoms with Gasteiger partial charge in [-0.05, 0) is 72.3 Å². The van der Waals surface area contributed by atoms with Gasteiger partial charge in [0.25, 0.3) is 23.6 Å². The van der Waals surface area contributed by atoms with Crippen LogP contribution in [0, 0.1) is 11.8 Å². The number of imide groups is 2. The monoisotopic (exact) mass is 494 g/mol.